The summed E-state index contributed by atoms with van der Waals surface area (Å²) in [4.78, 5) is 11.6. The molecule has 0 bridgehead atoms. The van der Waals surface area contributed by atoms with Crippen LogP contribution in [0.4, 0.5) is 30.7 Å². The Bertz CT molecular complexity index is 1150. The number of benzene rings is 1. The van der Waals surface area contributed by atoms with Crippen molar-refractivity contribution in [2.24, 2.45) is 7.05 Å². The Morgan fingerprint density at radius 1 is 1.00 bits per heavy atom. The molecule has 1 N–H and O–H groups in total. The van der Waals surface area contributed by atoms with Gasteiger partial charge < -0.3 is 5.32 Å². The van der Waals surface area contributed by atoms with Gasteiger partial charge in [-0.3, -0.25) is 9.48 Å². The Kier molecular flexibility index (Phi) is 6.52. The molecule has 3 rings (SSSR count). The summed E-state index contributed by atoms with van der Waals surface area (Å²) in [6.45, 7) is 0. The number of carbonyl (C=O) groups excluding carboxylic acids is 1. The lowest BCUT2D eigenvalue weighted by atomic mass is 9.95. The number of aromatic nitrogens is 2. The van der Waals surface area contributed by atoms with Crippen LogP contribution in [0, 0.1) is 5.82 Å². The van der Waals surface area contributed by atoms with Gasteiger partial charge in [0.05, 0.1) is 15.7 Å². The van der Waals surface area contributed by atoms with Gasteiger partial charge in [0.15, 0.2) is 15.5 Å². The number of rotatable bonds is 4. The highest BCUT2D eigenvalue weighted by Gasteiger charge is 2.38. The number of amides is 1. The molecule has 14 heteroatoms. The number of halogens is 7. The normalized spacial score (nSPS) is 20.0. The second kappa shape index (κ2) is 8.61. The number of hydrogen-bond acceptors (Lipinski definition) is 4. The fourth-order valence-electron chi connectivity index (χ4n) is 3.68. The van der Waals surface area contributed by atoms with Gasteiger partial charge in [-0.1, -0.05) is 0 Å². The Labute approximate surface area is 183 Å². The zero-order valence-electron chi connectivity index (χ0n) is 17.0. The molecule has 182 valence electrons. The van der Waals surface area contributed by atoms with Crippen LogP contribution in [0.3, 0.4) is 0 Å². The SMILES string of the molecule is Cn1nc(C(F)(F)F)cc1C(=O)NC1CCC(S(=O)(=O)c2cc(F)cc(C(F)(F)F)c2)CC1. The summed E-state index contributed by atoms with van der Waals surface area (Å²) in [6.07, 6.45) is -9.51. The standard InChI is InChI=1S/C19H18F7N3O3S/c1-29-15(9-16(28-29)19(24,25)26)17(30)27-12-2-4-13(5-3-12)33(31,32)14-7-10(18(21,22)23)6-11(20)8-14/h6-9,12-13H,2-5H2,1H3,(H,27,30). The predicted octanol–water partition coefficient (Wildman–Crippen LogP) is 4.11. The monoisotopic (exact) mass is 501 g/mol. The van der Waals surface area contributed by atoms with E-state index in [1.807, 2.05) is 0 Å². The Morgan fingerprint density at radius 2 is 1.61 bits per heavy atom. The van der Waals surface area contributed by atoms with Crippen molar-refractivity contribution >= 4 is 15.7 Å². The average molecular weight is 501 g/mol. The van der Waals surface area contributed by atoms with Crippen molar-refractivity contribution in [3.8, 4) is 0 Å². The first-order valence-corrected chi connectivity index (χ1v) is 11.2. The quantitative estimate of drug-likeness (QED) is 0.640. The van der Waals surface area contributed by atoms with Crippen molar-refractivity contribution in [2.75, 3.05) is 0 Å². The maximum absolute atomic E-state index is 13.6. The molecule has 6 nitrogen and oxygen atoms in total. The van der Waals surface area contributed by atoms with Crippen LogP contribution in [0.15, 0.2) is 29.2 Å². The van der Waals surface area contributed by atoms with Crippen LogP contribution < -0.4 is 5.32 Å². The van der Waals surface area contributed by atoms with E-state index in [9.17, 15) is 43.9 Å². The van der Waals surface area contributed by atoms with E-state index in [0.717, 1.165) is 4.68 Å². The molecule has 1 amide bonds. The lowest BCUT2D eigenvalue weighted by molar-refractivity contribution is -0.141. The topological polar surface area (TPSA) is 81.1 Å². The minimum Gasteiger partial charge on any atom is -0.348 e. The lowest BCUT2D eigenvalue weighted by Crippen LogP contribution is -2.40. The van der Waals surface area contributed by atoms with Crippen LogP contribution in [-0.2, 0) is 29.2 Å². The van der Waals surface area contributed by atoms with E-state index in [0.29, 0.717) is 18.2 Å². The third kappa shape index (κ3) is 5.47. The van der Waals surface area contributed by atoms with E-state index in [1.54, 1.807) is 0 Å². The minimum absolute atomic E-state index is 0.0374. The van der Waals surface area contributed by atoms with E-state index in [2.05, 4.69) is 10.4 Å². The molecule has 1 aromatic heterocycles. The molecule has 1 aromatic carbocycles. The first-order valence-electron chi connectivity index (χ1n) is 9.63. The maximum Gasteiger partial charge on any atom is 0.435 e. The van der Waals surface area contributed by atoms with Gasteiger partial charge in [0.1, 0.15) is 11.5 Å². The third-order valence-corrected chi connectivity index (χ3v) is 7.62. The van der Waals surface area contributed by atoms with Crippen molar-refractivity contribution in [1.29, 1.82) is 0 Å². The van der Waals surface area contributed by atoms with Gasteiger partial charge in [-0.15, -0.1) is 0 Å². The van der Waals surface area contributed by atoms with Gasteiger partial charge in [-0.2, -0.15) is 31.4 Å². The molecule has 2 aromatic rings. The Morgan fingerprint density at radius 3 is 2.12 bits per heavy atom. The van der Waals surface area contributed by atoms with Gasteiger partial charge in [0.25, 0.3) is 5.91 Å². The predicted molar refractivity (Wildman–Crippen MR) is 100 cm³/mol. The molecule has 0 aliphatic heterocycles. The van der Waals surface area contributed by atoms with Crippen LogP contribution in [0.25, 0.3) is 0 Å². The third-order valence-electron chi connectivity index (χ3n) is 5.38. The fourth-order valence-corrected chi connectivity index (χ4v) is 5.52. The smallest absolute Gasteiger partial charge is 0.348 e. The first kappa shape index (κ1) is 25.0. The number of carbonyl (C=O) groups is 1. The lowest BCUT2D eigenvalue weighted by Gasteiger charge is -2.29. The van der Waals surface area contributed by atoms with E-state index < -0.39 is 61.4 Å². The van der Waals surface area contributed by atoms with Crippen molar-refractivity contribution in [3.63, 3.8) is 0 Å². The van der Waals surface area contributed by atoms with Crippen molar-refractivity contribution in [2.45, 2.75) is 54.2 Å². The van der Waals surface area contributed by atoms with E-state index >= 15 is 0 Å². The zero-order chi connectivity index (χ0) is 24.8. The van der Waals surface area contributed by atoms with E-state index in [1.165, 1.54) is 7.05 Å². The van der Waals surface area contributed by atoms with E-state index in [4.69, 9.17) is 0 Å². The van der Waals surface area contributed by atoms with Crippen molar-refractivity contribution in [1.82, 2.24) is 15.1 Å². The molecule has 0 unspecified atom stereocenters. The zero-order valence-corrected chi connectivity index (χ0v) is 17.8. The Hall–Kier alpha value is -2.64. The van der Waals surface area contributed by atoms with Gasteiger partial charge in [-0.05, 0) is 43.9 Å². The fraction of sp³-hybridized carbons (Fsp3) is 0.474. The van der Waals surface area contributed by atoms with Crippen molar-refractivity contribution in [3.05, 3.63) is 47.0 Å². The largest absolute Gasteiger partial charge is 0.435 e. The summed E-state index contributed by atoms with van der Waals surface area (Å²) in [7, 11) is -3.11. The van der Waals surface area contributed by atoms with Crippen LogP contribution in [0.5, 0.6) is 0 Å². The first-order chi connectivity index (χ1) is 15.1. The molecule has 1 fully saturated rings. The Balaban J connectivity index is 1.68. The number of nitrogens with zero attached hydrogens (tertiary/aromatic N) is 2. The summed E-state index contributed by atoms with van der Waals surface area (Å²) in [6, 6.07) is 1.14. The summed E-state index contributed by atoms with van der Waals surface area (Å²) >= 11 is 0. The molecule has 0 saturated heterocycles. The number of nitrogens with one attached hydrogen (secondary N) is 1. The van der Waals surface area contributed by atoms with Crippen molar-refractivity contribution < 1.29 is 43.9 Å². The molecule has 1 heterocycles. The molecular formula is C19H18F7N3O3S. The number of sulfone groups is 1. The van der Waals surface area contributed by atoms with E-state index in [-0.39, 0.29) is 37.4 Å². The molecule has 1 aliphatic carbocycles. The second-order valence-corrected chi connectivity index (χ2v) is 9.93. The van der Waals surface area contributed by atoms with Gasteiger partial charge in [-0.25, -0.2) is 12.8 Å². The summed E-state index contributed by atoms with van der Waals surface area (Å²) in [5, 5.41) is 4.67. The molecule has 0 spiro atoms. The molecule has 0 atom stereocenters. The van der Waals surface area contributed by atoms with Gasteiger partial charge >= 0.3 is 12.4 Å². The van der Waals surface area contributed by atoms with Crippen LogP contribution in [0.2, 0.25) is 0 Å². The molecule has 33 heavy (non-hydrogen) atoms. The van der Waals surface area contributed by atoms with Gasteiger partial charge in [0, 0.05) is 19.2 Å². The molecular weight excluding hydrogens is 483 g/mol. The number of aryl methyl sites for hydroxylation is 1. The van der Waals surface area contributed by atoms with Crippen LogP contribution >= 0.6 is 0 Å². The highest BCUT2D eigenvalue weighted by Crippen LogP contribution is 2.35. The molecule has 1 saturated carbocycles. The highest BCUT2D eigenvalue weighted by atomic mass is 32.2. The number of hydrogen-bond donors (Lipinski definition) is 1. The number of alkyl halides is 6. The summed E-state index contributed by atoms with van der Waals surface area (Å²) in [5.74, 6) is -2.16. The summed E-state index contributed by atoms with van der Waals surface area (Å²) < 4.78 is 117. The highest BCUT2D eigenvalue weighted by molar-refractivity contribution is 7.92. The van der Waals surface area contributed by atoms with Gasteiger partial charge in [0.2, 0.25) is 0 Å². The molecule has 0 radical (unpaired) electrons. The average Bonchev–Trinajstić information content (AvgIpc) is 3.09. The second-order valence-electron chi connectivity index (χ2n) is 7.70. The maximum atomic E-state index is 13.6. The van der Waals surface area contributed by atoms with Crippen LogP contribution in [0.1, 0.15) is 47.4 Å². The minimum atomic E-state index is -4.92. The van der Waals surface area contributed by atoms with Crippen LogP contribution in [-0.4, -0.2) is 35.4 Å². The molecule has 1 aliphatic rings. The summed E-state index contributed by atoms with van der Waals surface area (Å²) in [5.41, 5.74) is -2.99.